The Morgan fingerprint density at radius 1 is 1.37 bits per heavy atom. The maximum absolute atomic E-state index is 3.73. The van der Waals surface area contributed by atoms with Gasteiger partial charge in [0.1, 0.15) is 0 Å². The molecule has 2 rings (SSSR count). The van der Waals surface area contributed by atoms with Crippen LogP contribution in [0.2, 0.25) is 0 Å². The molecule has 1 fully saturated rings. The second-order valence-electron chi connectivity index (χ2n) is 6.31. The van der Waals surface area contributed by atoms with Crippen molar-refractivity contribution in [3.05, 3.63) is 35.4 Å². The number of nitrogens with one attached hydrogen (secondary N) is 1. The maximum Gasteiger partial charge on any atom is 0.0278 e. The number of aryl methyl sites for hydroxylation is 1. The lowest BCUT2D eigenvalue weighted by molar-refractivity contribution is 0.163. The van der Waals surface area contributed by atoms with E-state index in [2.05, 4.69) is 62.2 Å². The van der Waals surface area contributed by atoms with Crippen molar-refractivity contribution in [1.82, 2.24) is 10.2 Å². The summed E-state index contributed by atoms with van der Waals surface area (Å²) in [7, 11) is 0. The molecular weight excluding hydrogens is 232 g/mol. The molecule has 2 heteroatoms. The first kappa shape index (κ1) is 14.5. The molecule has 1 aromatic rings. The van der Waals surface area contributed by atoms with Gasteiger partial charge in [0, 0.05) is 24.7 Å². The van der Waals surface area contributed by atoms with Crippen LogP contribution in [0.15, 0.2) is 24.3 Å². The van der Waals surface area contributed by atoms with E-state index in [0.29, 0.717) is 6.04 Å². The normalized spacial score (nSPS) is 29.2. The van der Waals surface area contributed by atoms with Crippen LogP contribution < -0.4 is 5.32 Å². The van der Waals surface area contributed by atoms with Gasteiger partial charge in [0.05, 0.1) is 0 Å². The minimum Gasteiger partial charge on any atom is -0.310 e. The molecule has 1 aromatic carbocycles. The van der Waals surface area contributed by atoms with E-state index in [0.717, 1.165) is 19.6 Å². The summed E-state index contributed by atoms with van der Waals surface area (Å²) in [6, 6.07) is 9.42. The van der Waals surface area contributed by atoms with Gasteiger partial charge in [-0.25, -0.2) is 0 Å². The highest BCUT2D eigenvalue weighted by atomic mass is 15.2. The fourth-order valence-corrected chi connectivity index (χ4v) is 2.88. The van der Waals surface area contributed by atoms with Crippen LogP contribution in [0, 0.1) is 6.92 Å². The van der Waals surface area contributed by atoms with Crippen molar-refractivity contribution < 1.29 is 0 Å². The van der Waals surface area contributed by atoms with E-state index in [4.69, 9.17) is 0 Å². The van der Waals surface area contributed by atoms with Crippen LogP contribution in [0.3, 0.4) is 0 Å². The minimum absolute atomic E-state index is 0.257. The third-order valence-electron chi connectivity index (χ3n) is 4.70. The molecule has 19 heavy (non-hydrogen) atoms. The zero-order valence-electron chi connectivity index (χ0n) is 12.9. The van der Waals surface area contributed by atoms with Crippen molar-refractivity contribution >= 4 is 0 Å². The van der Waals surface area contributed by atoms with Crippen LogP contribution in [-0.4, -0.2) is 29.6 Å². The molecule has 2 atom stereocenters. The quantitative estimate of drug-likeness (QED) is 0.896. The molecule has 0 aromatic heterocycles. The second kappa shape index (κ2) is 6.06. The average Bonchev–Trinajstić information content (AvgIpc) is 2.53. The summed E-state index contributed by atoms with van der Waals surface area (Å²) in [4.78, 5) is 2.64. The SMILES string of the molecule is CCC1(C)CN(Cc2ccccc2C)C(C)CCN1. The molecule has 0 radical (unpaired) electrons. The third-order valence-corrected chi connectivity index (χ3v) is 4.70. The van der Waals surface area contributed by atoms with Crippen LogP contribution in [0.4, 0.5) is 0 Å². The largest absolute Gasteiger partial charge is 0.310 e. The summed E-state index contributed by atoms with van der Waals surface area (Å²) in [6.07, 6.45) is 2.42. The molecule has 0 saturated carbocycles. The lowest BCUT2D eigenvalue weighted by atomic mass is 9.97. The van der Waals surface area contributed by atoms with Crippen molar-refractivity contribution in [1.29, 1.82) is 0 Å². The maximum atomic E-state index is 3.73. The summed E-state index contributed by atoms with van der Waals surface area (Å²) >= 11 is 0. The molecule has 1 heterocycles. The lowest BCUT2D eigenvalue weighted by Gasteiger charge is -2.35. The Bertz CT molecular complexity index is 415. The van der Waals surface area contributed by atoms with E-state index in [-0.39, 0.29) is 5.54 Å². The first-order chi connectivity index (χ1) is 9.04. The Morgan fingerprint density at radius 2 is 2.11 bits per heavy atom. The standard InChI is InChI=1S/C17H28N2/c1-5-17(4)13-19(15(3)10-11-18-17)12-16-9-7-6-8-14(16)2/h6-9,15,18H,5,10-13H2,1-4H3. The van der Waals surface area contributed by atoms with E-state index in [9.17, 15) is 0 Å². The number of rotatable bonds is 3. The molecule has 0 spiro atoms. The van der Waals surface area contributed by atoms with Crippen molar-refractivity contribution in [2.24, 2.45) is 0 Å². The Balaban J connectivity index is 2.14. The van der Waals surface area contributed by atoms with E-state index in [1.54, 1.807) is 0 Å². The molecule has 0 amide bonds. The van der Waals surface area contributed by atoms with Crippen LogP contribution in [0.25, 0.3) is 0 Å². The summed E-state index contributed by atoms with van der Waals surface area (Å²) in [6.45, 7) is 12.6. The van der Waals surface area contributed by atoms with E-state index in [1.165, 1.54) is 24.0 Å². The predicted molar refractivity (Wildman–Crippen MR) is 82.4 cm³/mol. The summed E-state index contributed by atoms with van der Waals surface area (Å²) < 4.78 is 0. The highest BCUT2D eigenvalue weighted by Crippen LogP contribution is 2.22. The van der Waals surface area contributed by atoms with Gasteiger partial charge in [-0.2, -0.15) is 0 Å². The van der Waals surface area contributed by atoms with Gasteiger partial charge in [-0.15, -0.1) is 0 Å². The molecule has 2 nitrogen and oxygen atoms in total. The highest BCUT2D eigenvalue weighted by molar-refractivity contribution is 5.25. The Labute approximate surface area is 118 Å². The number of nitrogens with zero attached hydrogens (tertiary/aromatic N) is 1. The van der Waals surface area contributed by atoms with Gasteiger partial charge >= 0.3 is 0 Å². The molecule has 1 saturated heterocycles. The Hall–Kier alpha value is -0.860. The van der Waals surface area contributed by atoms with Crippen LogP contribution in [-0.2, 0) is 6.54 Å². The third kappa shape index (κ3) is 3.58. The van der Waals surface area contributed by atoms with Crippen LogP contribution in [0.5, 0.6) is 0 Å². The Kier molecular flexibility index (Phi) is 4.64. The topological polar surface area (TPSA) is 15.3 Å². The lowest BCUT2D eigenvalue weighted by Crippen LogP contribution is -2.49. The minimum atomic E-state index is 0.257. The molecule has 1 aliphatic rings. The molecule has 1 aliphatic heterocycles. The average molecular weight is 260 g/mol. The number of hydrogen-bond acceptors (Lipinski definition) is 2. The second-order valence-corrected chi connectivity index (χ2v) is 6.31. The fourth-order valence-electron chi connectivity index (χ4n) is 2.88. The van der Waals surface area contributed by atoms with E-state index >= 15 is 0 Å². The Morgan fingerprint density at radius 3 is 2.79 bits per heavy atom. The summed E-state index contributed by atoms with van der Waals surface area (Å²) in [5.74, 6) is 0. The zero-order chi connectivity index (χ0) is 13.9. The van der Waals surface area contributed by atoms with Crippen LogP contribution >= 0.6 is 0 Å². The van der Waals surface area contributed by atoms with Crippen molar-refractivity contribution in [2.75, 3.05) is 13.1 Å². The van der Waals surface area contributed by atoms with Crippen molar-refractivity contribution in [3.8, 4) is 0 Å². The van der Waals surface area contributed by atoms with Crippen LogP contribution in [0.1, 0.15) is 44.7 Å². The smallest absolute Gasteiger partial charge is 0.0278 e. The van der Waals surface area contributed by atoms with E-state index < -0.39 is 0 Å². The first-order valence-electron chi connectivity index (χ1n) is 7.57. The number of hydrogen-bond donors (Lipinski definition) is 1. The molecule has 0 bridgehead atoms. The number of benzene rings is 1. The van der Waals surface area contributed by atoms with Gasteiger partial charge in [-0.1, -0.05) is 31.2 Å². The molecular formula is C17H28N2. The molecule has 2 unspecified atom stereocenters. The summed E-state index contributed by atoms with van der Waals surface area (Å²) in [5, 5.41) is 3.73. The van der Waals surface area contributed by atoms with Crippen molar-refractivity contribution in [3.63, 3.8) is 0 Å². The molecule has 1 N–H and O–H groups in total. The highest BCUT2D eigenvalue weighted by Gasteiger charge is 2.30. The van der Waals surface area contributed by atoms with Gasteiger partial charge in [0.2, 0.25) is 0 Å². The van der Waals surface area contributed by atoms with Gasteiger partial charge in [0.25, 0.3) is 0 Å². The zero-order valence-corrected chi connectivity index (χ0v) is 12.9. The molecule has 106 valence electrons. The van der Waals surface area contributed by atoms with Gasteiger partial charge < -0.3 is 5.32 Å². The molecule has 0 aliphatic carbocycles. The van der Waals surface area contributed by atoms with Crippen molar-refractivity contribution in [2.45, 2.75) is 58.7 Å². The van der Waals surface area contributed by atoms with Gasteiger partial charge in [-0.05, 0) is 51.3 Å². The monoisotopic (exact) mass is 260 g/mol. The predicted octanol–water partition coefficient (Wildman–Crippen LogP) is 3.35. The van der Waals surface area contributed by atoms with Gasteiger partial charge in [-0.3, -0.25) is 4.90 Å². The fraction of sp³-hybridized carbons (Fsp3) is 0.647. The summed E-state index contributed by atoms with van der Waals surface area (Å²) in [5.41, 5.74) is 3.13. The first-order valence-corrected chi connectivity index (χ1v) is 7.57. The van der Waals surface area contributed by atoms with Gasteiger partial charge in [0.15, 0.2) is 0 Å². The van der Waals surface area contributed by atoms with E-state index in [1.807, 2.05) is 0 Å².